The maximum atomic E-state index is 11.9. The first-order valence-electron chi connectivity index (χ1n) is 8.52. The van der Waals surface area contributed by atoms with Crippen LogP contribution in [-0.2, 0) is 0 Å². The Kier molecular flexibility index (Phi) is 6.89. The minimum absolute atomic E-state index is 0.128. The minimum Gasteiger partial charge on any atom is -0.396 e. The highest BCUT2D eigenvalue weighted by molar-refractivity contribution is 5.74. The van der Waals surface area contributed by atoms with Crippen LogP contribution < -0.4 is 15.5 Å². The van der Waals surface area contributed by atoms with E-state index in [1.165, 1.54) is 0 Å². The number of urea groups is 1. The van der Waals surface area contributed by atoms with Gasteiger partial charge in [0.15, 0.2) is 0 Å². The molecule has 2 rings (SSSR count). The number of hydrogen-bond donors (Lipinski definition) is 3. The van der Waals surface area contributed by atoms with Gasteiger partial charge in [-0.2, -0.15) is 5.26 Å². The van der Waals surface area contributed by atoms with Crippen LogP contribution >= 0.6 is 0 Å². The van der Waals surface area contributed by atoms with Crippen LogP contribution in [0.3, 0.4) is 0 Å². The molecule has 1 aliphatic heterocycles. The second-order valence-corrected chi connectivity index (χ2v) is 6.39. The number of hydrogen-bond acceptors (Lipinski definition) is 4. The van der Waals surface area contributed by atoms with Crippen LogP contribution in [0.4, 0.5) is 10.5 Å². The molecule has 1 aromatic carbocycles. The molecular formula is C18H26N4O2. The van der Waals surface area contributed by atoms with Gasteiger partial charge in [0, 0.05) is 38.0 Å². The molecule has 1 saturated heterocycles. The molecule has 1 atom stereocenters. The largest absolute Gasteiger partial charge is 0.396 e. The first kappa shape index (κ1) is 18.1. The number of benzene rings is 1. The van der Waals surface area contributed by atoms with Crippen molar-refractivity contribution < 1.29 is 9.90 Å². The highest BCUT2D eigenvalue weighted by Gasteiger charge is 2.21. The zero-order chi connectivity index (χ0) is 17.4. The second-order valence-electron chi connectivity index (χ2n) is 6.39. The van der Waals surface area contributed by atoms with Gasteiger partial charge in [0.05, 0.1) is 11.6 Å². The third-order valence-electron chi connectivity index (χ3n) is 4.42. The van der Waals surface area contributed by atoms with Gasteiger partial charge in [-0.15, -0.1) is 0 Å². The summed E-state index contributed by atoms with van der Waals surface area (Å²) < 4.78 is 0. The zero-order valence-corrected chi connectivity index (χ0v) is 14.2. The number of aliphatic hydroxyl groups is 1. The molecule has 3 N–H and O–H groups in total. The molecule has 0 saturated carbocycles. The van der Waals surface area contributed by atoms with Gasteiger partial charge in [-0.1, -0.05) is 6.92 Å². The van der Waals surface area contributed by atoms with E-state index in [9.17, 15) is 4.79 Å². The lowest BCUT2D eigenvalue weighted by atomic mass is 10.0. The van der Waals surface area contributed by atoms with Crippen LogP contribution in [-0.4, -0.2) is 43.4 Å². The summed E-state index contributed by atoms with van der Waals surface area (Å²) in [5.74, 6) is 0.277. The SMILES string of the molecule is CC(CCO)CNC(=O)NC1CCN(c2ccc(C#N)cc2)CC1. The number of carbonyl (C=O) groups excluding carboxylic acids is 1. The van der Waals surface area contributed by atoms with Crippen LogP contribution in [0.25, 0.3) is 0 Å². The van der Waals surface area contributed by atoms with Gasteiger partial charge in [0.1, 0.15) is 0 Å². The van der Waals surface area contributed by atoms with Crippen molar-refractivity contribution >= 4 is 11.7 Å². The fraction of sp³-hybridized carbons (Fsp3) is 0.556. The molecule has 1 fully saturated rings. The summed E-state index contributed by atoms with van der Waals surface area (Å²) in [5, 5.41) is 23.6. The predicted octanol–water partition coefficient (Wildman–Crippen LogP) is 1.84. The van der Waals surface area contributed by atoms with Crippen LogP contribution in [0.15, 0.2) is 24.3 Å². The van der Waals surface area contributed by atoms with E-state index in [-0.39, 0.29) is 24.6 Å². The van der Waals surface area contributed by atoms with Gasteiger partial charge in [0.25, 0.3) is 0 Å². The topological polar surface area (TPSA) is 88.4 Å². The third kappa shape index (κ3) is 5.43. The van der Waals surface area contributed by atoms with Crippen molar-refractivity contribution in [1.29, 1.82) is 5.26 Å². The summed E-state index contributed by atoms with van der Waals surface area (Å²) in [6.07, 6.45) is 2.50. The van der Waals surface area contributed by atoms with E-state index in [1.54, 1.807) is 0 Å². The zero-order valence-electron chi connectivity index (χ0n) is 14.2. The Hall–Kier alpha value is -2.26. The molecule has 1 heterocycles. The highest BCUT2D eigenvalue weighted by Crippen LogP contribution is 2.20. The van der Waals surface area contributed by atoms with Crippen molar-refractivity contribution in [1.82, 2.24) is 10.6 Å². The summed E-state index contributed by atoms with van der Waals surface area (Å²) in [7, 11) is 0. The lowest BCUT2D eigenvalue weighted by Gasteiger charge is -2.34. The number of rotatable bonds is 6. The van der Waals surface area contributed by atoms with Crippen LogP contribution in [0, 0.1) is 17.2 Å². The van der Waals surface area contributed by atoms with E-state index in [4.69, 9.17) is 10.4 Å². The fourth-order valence-electron chi connectivity index (χ4n) is 2.85. The molecule has 1 unspecified atom stereocenters. The lowest BCUT2D eigenvalue weighted by molar-refractivity contribution is 0.228. The highest BCUT2D eigenvalue weighted by atomic mass is 16.3. The fourth-order valence-corrected chi connectivity index (χ4v) is 2.85. The molecular weight excluding hydrogens is 304 g/mol. The maximum Gasteiger partial charge on any atom is 0.315 e. The molecule has 0 bridgehead atoms. The summed E-state index contributed by atoms with van der Waals surface area (Å²) in [6, 6.07) is 9.80. The third-order valence-corrected chi connectivity index (χ3v) is 4.42. The number of carbonyl (C=O) groups is 1. The molecule has 6 nitrogen and oxygen atoms in total. The van der Waals surface area contributed by atoms with Gasteiger partial charge < -0.3 is 20.6 Å². The van der Waals surface area contributed by atoms with E-state index in [0.717, 1.165) is 31.6 Å². The number of amides is 2. The van der Waals surface area contributed by atoms with Gasteiger partial charge in [-0.25, -0.2) is 4.79 Å². The van der Waals surface area contributed by atoms with Gasteiger partial charge in [-0.3, -0.25) is 0 Å². The van der Waals surface area contributed by atoms with E-state index in [0.29, 0.717) is 18.5 Å². The Morgan fingerprint density at radius 2 is 2.04 bits per heavy atom. The molecule has 24 heavy (non-hydrogen) atoms. The number of nitrogens with one attached hydrogen (secondary N) is 2. The standard InChI is InChI=1S/C18H26N4O2/c1-14(8-11-23)13-20-18(24)21-16-6-9-22(10-7-16)17-4-2-15(12-19)3-5-17/h2-5,14,16,23H,6-11,13H2,1H3,(H2,20,21,24). The van der Waals surface area contributed by atoms with Crippen molar-refractivity contribution in [3.8, 4) is 6.07 Å². The molecule has 6 heteroatoms. The van der Waals surface area contributed by atoms with E-state index >= 15 is 0 Å². The molecule has 2 amide bonds. The van der Waals surface area contributed by atoms with Crippen molar-refractivity contribution in [2.45, 2.75) is 32.2 Å². The number of anilines is 1. The van der Waals surface area contributed by atoms with Crippen molar-refractivity contribution in [2.24, 2.45) is 5.92 Å². The average molecular weight is 330 g/mol. The van der Waals surface area contributed by atoms with Gasteiger partial charge in [0.2, 0.25) is 0 Å². The molecule has 130 valence electrons. The number of nitrogens with zero attached hydrogens (tertiary/aromatic N) is 2. The molecule has 0 spiro atoms. The van der Waals surface area contributed by atoms with Crippen molar-refractivity contribution in [3.05, 3.63) is 29.8 Å². The Bertz CT molecular complexity index is 559. The smallest absolute Gasteiger partial charge is 0.315 e. The lowest BCUT2D eigenvalue weighted by Crippen LogP contribution is -2.48. The molecule has 1 aromatic rings. The number of nitriles is 1. The van der Waals surface area contributed by atoms with Crippen LogP contribution in [0.1, 0.15) is 31.7 Å². The Morgan fingerprint density at radius 1 is 1.38 bits per heavy atom. The van der Waals surface area contributed by atoms with E-state index in [1.807, 2.05) is 31.2 Å². The normalized spacial score (nSPS) is 16.3. The predicted molar refractivity (Wildman–Crippen MR) is 93.8 cm³/mol. The van der Waals surface area contributed by atoms with Crippen molar-refractivity contribution in [2.75, 3.05) is 31.1 Å². The quantitative estimate of drug-likeness (QED) is 0.743. The summed E-state index contributed by atoms with van der Waals surface area (Å²) >= 11 is 0. The summed E-state index contributed by atoms with van der Waals surface area (Å²) in [5.41, 5.74) is 1.79. The van der Waals surface area contributed by atoms with Crippen LogP contribution in [0.2, 0.25) is 0 Å². The Morgan fingerprint density at radius 3 is 2.62 bits per heavy atom. The van der Waals surface area contributed by atoms with E-state index in [2.05, 4.69) is 21.6 Å². The Balaban J connectivity index is 1.72. The Labute approximate surface area is 143 Å². The number of aliphatic hydroxyl groups excluding tert-OH is 1. The first-order chi connectivity index (χ1) is 11.6. The summed E-state index contributed by atoms with van der Waals surface area (Å²) in [4.78, 5) is 14.2. The number of piperidine rings is 1. The van der Waals surface area contributed by atoms with Gasteiger partial charge in [-0.05, 0) is 49.4 Å². The average Bonchev–Trinajstić information content (AvgIpc) is 2.61. The molecule has 0 radical (unpaired) electrons. The van der Waals surface area contributed by atoms with E-state index < -0.39 is 0 Å². The van der Waals surface area contributed by atoms with Crippen LogP contribution in [0.5, 0.6) is 0 Å². The molecule has 1 aliphatic rings. The molecule has 0 aliphatic carbocycles. The maximum absolute atomic E-state index is 11.9. The monoisotopic (exact) mass is 330 g/mol. The first-order valence-corrected chi connectivity index (χ1v) is 8.52. The molecule has 0 aromatic heterocycles. The van der Waals surface area contributed by atoms with Gasteiger partial charge >= 0.3 is 6.03 Å². The second kappa shape index (κ2) is 9.14. The van der Waals surface area contributed by atoms with Crippen molar-refractivity contribution in [3.63, 3.8) is 0 Å². The summed E-state index contributed by atoms with van der Waals surface area (Å²) in [6.45, 7) is 4.51. The minimum atomic E-state index is -0.128.